The Labute approximate surface area is 204 Å². The van der Waals surface area contributed by atoms with E-state index in [1.807, 2.05) is 48.5 Å². The zero-order valence-corrected chi connectivity index (χ0v) is 20.6. The van der Waals surface area contributed by atoms with Crippen LogP contribution in [0.5, 0.6) is 0 Å². The summed E-state index contributed by atoms with van der Waals surface area (Å²) in [5, 5.41) is 14.1. The van der Waals surface area contributed by atoms with Crippen LogP contribution in [0.2, 0.25) is 5.02 Å². The molecule has 1 aromatic heterocycles. The van der Waals surface area contributed by atoms with Crippen molar-refractivity contribution in [2.45, 2.75) is 19.9 Å². The van der Waals surface area contributed by atoms with Gasteiger partial charge in [0.25, 0.3) is 5.91 Å². The Hall–Kier alpha value is -2.22. The van der Waals surface area contributed by atoms with Gasteiger partial charge in [-0.25, -0.2) is 0 Å². The molecule has 1 saturated heterocycles. The molecule has 174 valence electrons. The first kappa shape index (κ1) is 23.9. The number of aryl methyl sites for hydroxylation is 1. The van der Waals surface area contributed by atoms with Gasteiger partial charge in [0, 0.05) is 53.8 Å². The van der Waals surface area contributed by atoms with E-state index in [9.17, 15) is 9.90 Å². The molecule has 33 heavy (non-hydrogen) atoms. The molecule has 1 atom stereocenters. The number of hydrogen-bond acceptors (Lipinski definition) is 5. The molecule has 3 aromatic rings. The van der Waals surface area contributed by atoms with Crippen LogP contribution in [-0.2, 0) is 0 Å². The molecule has 1 aliphatic rings. The van der Waals surface area contributed by atoms with E-state index >= 15 is 0 Å². The van der Waals surface area contributed by atoms with E-state index < -0.39 is 0 Å². The number of halogens is 1. The van der Waals surface area contributed by atoms with Crippen LogP contribution < -0.4 is 5.32 Å². The molecule has 4 rings (SSSR count). The molecule has 2 heterocycles. The Bertz CT molecular complexity index is 1090. The number of carbonyl (C=O) groups is 1. The van der Waals surface area contributed by atoms with Gasteiger partial charge in [-0.2, -0.15) is 0 Å². The van der Waals surface area contributed by atoms with Crippen LogP contribution in [-0.4, -0.2) is 60.1 Å². The van der Waals surface area contributed by atoms with Gasteiger partial charge in [0.05, 0.1) is 12.6 Å². The summed E-state index contributed by atoms with van der Waals surface area (Å²) in [6.07, 6.45) is 0. The van der Waals surface area contributed by atoms with Crippen LogP contribution in [0.3, 0.4) is 0 Å². The zero-order valence-electron chi connectivity index (χ0n) is 19.1. The number of thiophene rings is 1. The smallest absolute Gasteiger partial charge is 0.256 e. The van der Waals surface area contributed by atoms with Crippen molar-refractivity contribution < 1.29 is 9.90 Å². The van der Waals surface area contributed by atoms with E-state index in [0.717, 1.165) is 47.3 Å². The minimum atomic E-state index is -0.108. The fourth-order valence-corrected chi connectivity index (χ4v) is 5.78. The Balaban J connectivity index is 1.73. The summed E-state index contributed by atoms with van der Waals surface area (Å²) in [7, 11) is 0. The summed E-state index contributed by atoms with van der Waals surface area (Å²) in [5.74, 6) is -0.108. The average molecular weight is 484 g/mol. The summed E-state index contributed by atoms with van der Waals surface area (Å²) in [5.41, 5.74) is 3.99. The van der Waals surface area contributed by atoms with Gasteiger partial charge < -0.3 is 10.4 Å². The van der Waals surface area contributed by atoms with Crippen LogP contribution >= 0.6 is 22.9 Å². The molecule has 2 N–H and O–H groups in total. The molecule has 0 saturated carbocycles. The summed E-state index contributed by atoms with van der Waals surface area (Å²) >= 11 is 8.35. The largest absolute Gasteiger partial charge is 0.395 e. The van der Waals surface area contributed by atoms with Crippen LogP contribution in [0.1, 0.15) is 38.0 Å². The maximum Gasteiger partial charge on any atom is 0.256 e. The van der Waals surface area contributed by atoms with E-state index in [-0.39, 0.29) is 18.6 Å². The number of anilines is 1. The Kier molecular flexibility index (Phi) is 7.83. The lowest BCUT2D eigenvalue weighted by molar-refractivity contribution is 0.0945. The molecule has 2 aromatic carbocycles. The van der Waals surface area contributed by atoms with Crippen LogP contribution in [0.15, 0.2) is 54.6 Å². The molecular formula is C26H30ClN3O2S. The summed E-state index contributed by atoms with van der Waals surface area (Å²) in [6.45, 7) is 8.58. The van der Waals surface area contributed by atoms with Crippen LogP contribution in [0.4, 0.5) is 5.00 Å². The van der Waals surface area contributed by atoms with Crippen molar-refractivity contribution in [2.24, 2.45) is 0 Å². The fourth-order valence-electron chi connectivity index (χ4n) is 4.45. The maximum atomic E-state index is 13.0. The summed E-state index contributed by atoms with van der Waals surface area (Å²) < 4.78 is 0. The molecule has 0 bridgehead atoms. The van der Waals surface area contributed by atoms with Gasteiger partial charge in [-0.15, -0.1) is 11.3 Å². The first-order chi connectivity index (χ1) is 16.0. The number of carbonyl (C=O) groups excluding carboxylic acids is 1. The normalized spacial score (nSPS) is 16.0. The number of hydrogen-bond donors (Lipinski definition) is 2. The molecule has 5 nitrogen and oxygen atoms in total. The highest BCUT2D eigenvalue weighted by Crippen LogP contribution is 2.44. The van der Waals surface area contributed by atoms with Crippen molar-refractivity contribution in [3.63, 3.8) is 0 Å². The van der Waals surface area contributed by atoms with E-state index in [2.05, 4.69) is 35.0 Å². The molecular weight excluding hydrogens is 454 g/mol. The summed E-state index contributed by atoms with van der Waals surface area (Å²) in [6, 6.07) is 17.2. The number of rotatable bonds is 7. The second-order valence-electron chi connectivity index (χ2n) is 8.37. The molecule has 0 radical (unpaired) electrons. The van der Waals surface area contributed by atoms with Crippen molar-refractivity contribution in [3.8, 4) is 0 Å². The third-order valence-electron chi connectivity index (χ3n) is 6.36. The lowest BCUT2D eigenvalue weighted by Gasteiger charge is -2.40. The van der Waals surface area contributed by atoms with Gasteiger partial charge in [-0.1, -0.05) is 48.0 Å². The number of piperazine rings is 1. The molecule has 1 unspecified atom stereocenters. The molecule has 1 amide bonds. The minimum absolute atomic E-state index is 0.0639. The molecule has 0 spiro atoms. The molecule has 1 aliphatic heterocycles. The maximum absolute atomic E-state index is 13.0. The van der Waals surface area contributed by atoms with Crippen molar-refractivity contribution >= 4 is 33.8 Å². The summed E-state index contributed by atoms with van der Waals surface area (Å²) in [4.78, 5) is 18.9. The SMILES string of the molecule is Cc1sc(NC(=O)c2ccccc2)c(C(c2ccccc2Cl)N2CCN(CCO)CC2)c1C. The van der Waals surface area contributed by atoms with E-state index in [1.54, 1.807) is 11.3 Å². The van der Waals surface area contributed by atoms with Crippen LogP contribution in [0, 0.1) is 13.8 Å². The molecule has 0 aliphatic carbocycles. The standard InChI is InChI=1S/C26H30ClN3O2S/c1-18-19(2)33-26(28-25(32)20-8-4-3-5-9-20)23(18)24(21-10-6-7-11-22(21)27)30-14-12-29(13-15-30)16-17-31/h3-11,24,31H,12-17H2,1-2H3,(H,28,32). The zero-order chi connectivity index (χ0) is 23.4. The van der Waals surface area contributed by atoms with E-state index in [1.165, 1.54) is 10.4 Å². The second-order valence-corrected chi connectivity index (χ2v) is 10.0. The van der Waals surface area contributed by atoms with Gasteiger partial charge in [0.1, 0.15) is 5.00 Å². The minimum Gasteiger partial charge on any atom is -0.395 e. The average Bonchev–Trinajstić information content (AvgIpc) is 3.10. The van der Waals surface area contributed by atoms with Crippen LogP contribution in [0.25, 0.3) is 0 Å². The monoisotopic (exact) mass is 483 g/mol. The number of aliphatic hydroxyl groups excluding tert-OH is 1. The topological polar surface area (TPSA) is 55.8 Å². The van der Waals surface area contributed by atoms with Crippen molar-refractivity contribution in [3.05, 3.63) is 86.8 Å². The van der Waals surface area contributed by atoms with E-state index in [0.29, 0.717) is 12.1 Å². The predicted molar refractivity (Wildman–Crippen MR) is 137 cm³/mol. The van der Waals surface area contributed by atoms with Gasteiger partial charge in [0.2, 0.25) is 0 Å². The highest BCUT2D eigenvalue weighted by molar-refractivity contribution is 7.16. The number of aliphatic hydroxyl groups is 1. The first-order valence-electron chi connectivity index (χ1n) is 11.3. The van der Waals surface area contributed by atoms with Gasteiger partial charge in [-0.05, 0) is 43.2 Å². The third-order valence-corrected chi connectivity index (χ3v) is 7.84. The van der Waals surface area contributed by atoms with Crippen molar-refractivity contribution in [1.82, 2.24) is 9.80 Å². The Morgan fingerprint density at radius 3 is 2.39 bits per heavy atom. The van der Waals surface area contributed by atoms with E-state index in [4.69, 9.17) is 11.6 Å². The number of amides is 1. The quantitative estimate of drug-likeness (QED) is 0.498. The van der Waals surface area contributed by atoms with Gasteiger partial charge in [-0.3, -0.25) is 14.6 Å². The van der Waals surface area contributed by atoms with Gasteiger partial charge in [0.15, 0.2) is 0 Å². The number of nitrogens with zero attached hydrogens (tertiary/aromatic N) is 2. The molecule has 7 heteroatoms. The fraction of sp³-hybridized carbons (Fsp3) is 0.346. The first-order valence-corrected chi connectivity index (χ1v) is 12.5. The predicted octanol–water partition coefficient (Wildman–Crippen LogP) is 4.97. The third kappa shape index (κ3) is 5.31. The Morgan fingerprint density at radius 2 is 1.73 bits per heavy atom. The van der Waals surface area contributed by atoms with Crippen molar-refractivity contribution in [1.29, 1.82) is 0 Å². The highest BCUT2D eigenvalue weighted by Gasteiger charge is 2.32. The molecule has 1 fully saturated rings. The van der Waals surface area contributed by atoms with Gasteiger partial charge >= 0.3 is 0 Å². The Morgan fingerprint density at radius 1 is 1.06 bits per heavy atom. The van der Waals surface area contributed by atoms with Crippen molar-refractivity contribution in [2.75, 3.05) is 44.6 Å². The number of benzene rings is 2. The second kappa shape index (κ2) is 10.8. The lowest BCUT2D eigenvalue weighted by Crippen LogP contribution is -2.48. The highest BCUT2D eigenvalue weighted by atomic mass is 35.5. The lowest BCUT2D eigenvalue weighted by atomic mass is 9.94. The number of β-amino-alcohol motifs (C(OH)–C–C–N with tert-alkyl or cyclic N) is 1. The number of nitrogens with one attached hydrogen (secondary N) is 1.